The highest BCUT2D eigenvalue weighted by Gasteiger charge is 2.23. The second-order valence-electron chi connectivity index (χ2n) is 7.45. The van der Waals surface area contributed by atoms with Gasteiger partial charge in [0.25, 0.3) is 5.91 Å². The minimum absolute atomic E-state index is 0.0649. The molecule has 1 saturated heterocycles. The van der Waals surface area contributed by atoms with E-state index in [9.17, 15) is 13.2 Å². The van der Waals surface area contributed by atoms with Gasteiger partial charge < -0.3 is 10.1 Å². The van der Waals surface area contributed by atoms with Crippen molar-refractivity contribution in [1.82, 2.24) is 10.0 Å². The maximum absolute atomic E-state index is 12.5. The fraction of sp³-hybridized carbons (Fsp3) is 0.632. The van der Waals surface area contributed by atoms with Gasteiger partial charge in [-0.15, -0.1) is 0 Å². The number of rotatable bonds is 6. The van der Waals surface area contributed by atoms with Gasteiger partial charge in [-0.3, -0.25) is 4.79 Å². The number of carbonyl (C=O) groups is 1. The summed E-state index contributed by atoms with van der Waals surface area (Å²) in [6.07, 6.45) is 5.96. The van der Waals surface area contributed by atoms with Crippen LogP contribution in [-0.4, -0.2) is 39.6 Å². The molecule has 144 valence electrons. The Morgan fingerprint density at radius 2 is 1.96 bits per heavy atom. The van der Waals surface area contributed by atoms with E-state index in [-0.39, 0.29) is 29.5 Å². The van der Waals surface area contributed by atoms with E-state index in [2.05, 4.69) is 17.0 Å². The van der Waals surface area contributed by atoms with Crippen molar-refractivity contribution in [3.05, 3.63) is 29.8 Å². The number of ether oxygens (including phenoxy) is 1. The van der Waals surface area contributed by atoms with E-state index in [1.807, 2.05) is 0 Å². The SMILES string of the molecule is CC1CCC(NC(=O)c2cccc(S(=O)(=O)NCC3CCCO3)c2)CC1. The normalized spacial score (nSPS) is 26.6. The number of carbonyl (C=O) groups excluding carboxylic acids is 1. The first-order valence-corrected chi connectivity index (χ1v) is 10.9. The molecule has 0 bridgehead atoms. The molecule has 3 rings (SSSR count). The third kappa shape index (κ3) is 5.05. The second kappa shape index (κ2) is 8.50. The molecule has 1 saturated carbocycles. The van der Waals surface area contributed by atoms with Crippen molar-refractivity contribution >= 4 is 15.9 Å². The Labute approximate surface area is 155 Å². The first-order chi connectivity index (χ1) is 12.4. The van der Waals surface area contributed by atoms with E-state index < -0.39 is 10.0 Å². The van der Waals surface area contributed by atoms with Crippen LogP contribution in [0, 0.1) is 5.92 Å². The molecule has 2 aliphatic rings. The highest BCUT2D eigenvalue weighted by Crippen LogP contribution is 2.24. The first kappa shape index (κ1) is 19.3. The quantitative estimate of drug-likeness (QED) is 0.794. The van der Waals surface area contributed by atoms with Gasteiger partial charge in [-0.25, -0.2) is 13.1 Å². The zero-order chi connectivity index (χ0) is 18.6. The second-order valence-corrected chi connectivity index (χ2v) is 9.21. The molecular formula is C19H28N2O4S. The third-order valence-corrected chi connectivity index (χ3v) is 6.70. The largest absolute Gasteiger partial charge is 0.377 e. The Kier molecular flexibility index (Phi) is 6.32. The summed E-state index contributed by atoms with van der Waals surface area (Å²) in [6.45, 7) is 3.18. The molecule has 1 amide bonds. The van der Waals surface area contributed by atoms with E-state index in [1.54, 1.807) is 12.1 Å². The van der Waals surface area contributed by atoms with Crippen LogP contribution >= 0.6 is 0 Å². The number of amides is 1. The fourth-order valence-corrected chi connectivity index (χ4v) is 4.68. The predicted molar refractivity (Wildman–Crippen MR) is 99.5 cm³/mol. The summed E-state index contributed by atoms with van der Waals surface area (Å²) in [6, 6.07) is 6.39. The van der Waals surface area contributed by atoms with Gasteiger partial charge in [0.15, 0.2) is 0 Å². The van der Waals surface area contributed by atoms with Crippen molar-refractivity contribution in [2.24, 2.45) is 5.92 Å². The topological polar surface area (TPSA) is 84.5 Å². The molecule has 0 spiro atoms. The summed E-state index contributed by atoms with van der Waals surface area (Å²) in [5.41, 5.74) is 0.378. The fourth-order valence-electron chi connectivity index (χ4n) is 3.57. The Morgan fingerprint density at radius 3 is 2.65 bits per heavy atom. The van der Waals surface area contributed by atoms with Crippen LogP contribution in [0.2, 0.25) is 0 Å². The minimum Gasteiger partial charge on any atom is -0.377 e. The van der Waals surface area contributed by atoms with Crippen molar-refractivity contribution in [3.8, 4) is 0 Å². The molecule has 0 radical (unpaired) electrons. The van der Waals surface area contributed by atoms with Crippen LogP contribution < -0.4 is 10.0 Å². The summed E-state index contributed by atoms with van der Waals surface area (Å²) in [5, 5.41) is 3.04. The van der Waals surface area contributed by atoms with E-state index in [0.717, 1.165) is 38.5 Å². The zero-order valence-electron chi connectivity index (χ0n) is 15.2. The predicted octanol–water partition coefficient (Wildman–Crippen LogP) is 2.45. The average molecular weight is 381 g/mol. The van der Waals surface area contributed by atoms with E-state index in [1.165, 1.54) is 12.1 Å². The molecule has 1 heterocycles. The molecule has 1 unspecified atom stereocenters. The van der Waals surface area contributed by atoms with Crippen molar-refractivity contribution in [1.29, 1.82) is 0 Å². The van der Waals surface area contributed by atoms with Crippen LogP contribution in [0.1, 0.15) is 55.8 Å². The van der Waals surface area contributed by atoms with Crippen molar-refractivity contribution < 1.29 is 17.9 Å². The standard InChI is InChI=1S/C19H28N2O4S/c1-14-7-9-16(10-8-14)21-19(22)15-4-2-6-18(12-15)26(23,24)20-13-17-5-3-11-25-17/h2,4,6,12,14,16-17,20H,3,5,7-11,13H2,1H3,(H,21,22). The lowest BCUT2D eigenvalue weighted by Crippen LogP contribution is -2.37. The third-order valence-electron chi connectivity index (χ3n) is 5.28. The van der Waals surface area contributed by atoms with Gasteiger partial charge in [-0.05, 0) is 62.6 Å². The number of benzene rings is 1. The molecule has 2 fully saturated rings. The van der Waals surface area contributed by atoms with Gasteiger partial charge in [-0.2, -0.15) is 0 Å². The molecular weight excluding hydrogens is 352 g/mol. The van der Waals surface area contributed by atoms with Crippen LogP contribution in [0.3, 0.4) is 0 Å². The number of sulfonamides is 1. The lowest BCUT2D eigenvalue weighted by atomic mass is 9.87. The maximum atomic E-state index is 12.5. The van der Waals surface area contributed by atoms with Gasteiger partial charge in [0.2, 0.25) is 10.0 Å². The molecule has 6 nitrogen and oxygen atoms in total. The number of nitrogens with one attached hydrogen (secondary N) is 2. The van der Waals surface area contributed by atoms with Gasteiger partial charge in [0.05, 0.1) is 11.0 Å². The molecule has 1 aliphatic heterocycles. The molecule has 2 N–H and O–H groups in total. The van der Waals surface area contributed by atoms with E-state index >= 15 is 0 Å². The highest BCUT2D eigenvalue weighted by atomic mass is 32.2. The summed E-state index contributed by atoms with van der Waals surface area (Å²) in [7, 11) is -3.65. The van der Waals surface area contributed by atoms with Crippen molar-refractivity contribution in [3.63, 3.8) is 0 Å². The molecule has 1 aliphatic carbocycles. The minimum atomic E-state index is -3.65. The smallest absolute Gasteiger partial charge is 0.251 e. The Morgan fingerprint density at radius 1 is 1.19 bits per heavy atom. The van der Waals surface area contributed by atoms with Crippen LogP contribution in [-0.2, 0) is 14.8 Å². The zero-order valence-corrected chi connectivity index (χ0v) is 16.1. The average Bonchev–Trinajstić information content (AvgIpc) is 3.16. The number of hydrogen-bond acceptors (Lipinski definition) is 4. The first-order valence-electron chi connectivity index (χ1n) is 9.46. The van der Waals surface area contributed by atoms with E-state index in [4.69, 9.17) is 4.74 Å². The summed E-state index contributed by atoms with van der Waals surface area (Å²) < 4.78 is 33.0. The molecule has 1 atom stereocenters. The molecule has 1 aromatic rings. The monoisotopic (exact) mass is 380 g/mol. The highest BCUT2D eigenvalue weighted by molar-refractivity contribution is 7.89. The van der Waals surface area contributed by atoms with Crippen LogP contribution in [0.15, 0.2) is 29.2 Å². The summed E-state index contributed by atoms with van der Waals surface area (Å²) in [4.78, 5) is 12.6. The Bertz CT molecular complexity index is 721. The lowest BCUT2D eigenvalue weighted by molar-refractivity contribution is 0.0922. The van der Waals surface area contributed by atoms with Gasteiger partial charge in [0.1, 0.15) is 0 Å². The van der Waals surface area contributed by atoms with Gasteiger partial charge in [0, 0.05) is 24.8 Å². The molecule has 1 aromatic carbocycles. The Hall–Kier alpha value is -1.44. The van der Waals surface area contributed by atoms with Gasteiger partial charge in [-0.1, -0.05) is 13.0 Å². The lowest BCUT2D eigenvalue weighted by Gasteiger charge is -2.26. The Balaban J connectivity index is 1.62. The van der Waals surface area contributed by atoms with Crippen LogP contribution in [0.4, 0.5) is 0 Å². The molecule has 26 heavy (non-hydrogen) atoms. The van der Waals surface area contributed by atoms with E-state index in [0.29, 0.717) is 18.1 Å². The number of hydrogen-bond donors (Lipinski definition) is 2. The van der Waals surface area contributed by atoms with Crippen molar-refractivity contribution in [2.75, 3.05) is 13.2 Å². The molecule has 0 aromatic heterocycles. The van der Waals surface area contributed by atoms with Gasteiger partial charge >= 0.3 is 0 Å². The molecule has 7 heteroatoms. The van der Waals surface area contributed by atoms with Crippen LogP contribution in [0.25, 0.3) is 0 Å². The van der Waals surface area contributed by atoms with Crippen LogP contribution in [0.5, 0.6) is 0 Å². The maximum Gasteiger partial charge on any atom is 0.251 e. The summed E-state index contributed by atoms with van der Waals surface area (Å²) in [5.74, 6) is 0.507. The van der Waals surface area contributed by atoms with Crippen molar-refractivity contribution in [2.45, 2.75) is 62.5 Å². The summed E-state index contributed by atoms with van der Waals surface area (Å²) >= 11 is 0.